The Morgan fingerprint density at radius 3 is 2.06 bits per heavy atom. The van der Waals surface area contributed by atoms with Gasteiger partial charge in [0.2, 0.25) is 0 Å². The fourth-order valence-corrected chi connectivity index (χ4v) is 1.28. The van der Waals surface area contributed by atoms with Gasteiger partial charge in [-0.25, -0.2) is 0 Å². The van der Waals surface area contributed by atoms with Crippen molar-refractivity contribution in [1.82, 2.24) is 0 Å². The maximum absolute atomic E-state index is 11.1. The first kappa shape index (κ1) is 14.9. The summed E-state index contributed by atoms with van der Waals surface area (Å²) >= 11 is 0. The van der Waals surface area contributed by atoms with Crippen molar-refractivity contribution in [3.63, 3.8) is 0 Å². The molecule has 0 saturated heterocycles. The summed E-state index contributed by atoms with van der Waals surface area (Å²) in [7, 11) is 0.412. The van der Waals surface area contributed by atoms with Gasteiger partial charge in [-0.2, -0.15) is 0 Å². The van der Waals surface area contributed by atoms with Gasteiger partial charge in [-0.15, -0.1) is 0 Å². The maximum atomic E-state index is 11.1. The van der Waals surface area contributed by atoms with Gasteiger partial charge in [0.05, 0.1) is 11.2 Å². The molecule has 0 heterocycles. The van der Waals surface area contributed by atoms with Crippen LogP contribution in [0.2, 0.25) is 0 Å². The van der Waals surface area contributed by atoms with Crippen LogP contribution in [0.3, 0.4) is 0 Å². The van der Waals surface area contributed by atoms with E-state index in [4.69, 9.17) is 4.65 Å². The van der Waals surface area contributed by atoms with E-state index in [-0.39, 0.29) is 5.78 Å². The van der Waals surface area contributed by atoms with Crippen LogP contribution in [0.15, 0.2) is 24.3 Å². The third-order valence-electron chi connectivity index (χ3n) is 3.43. The third kappa shape index (κ3) is 3.69. The second kappa shape index (κ2) is 5.25. The smallest absolute Gasteiger partial charge is 0.309 e. The molecule has 1 aromatic carbocycles. The molecular weight excluding hydrogens is 227 g/mol. The number of hydrogen-bond acceptors (Lipinski definition) is 3. The van der Waals surface area contributed by atoms with Crippen molar-refractivity contribution in [2.75, 3.05) is 0 Å². The highest BCUT2D eigenvalue weighted by Crippen LogP contribution is 2.24. The van der Waals surface area contributed by atoms with Gasteiger partial charge in [0, 0.05) is 5.56 Å². The molecule has 1 N–H and O–H groups in total. The van der Waals surface area contributed by atoms with Crippen molar-refractivity contribution in [2.45, 2.75) is 45.8 Å². The Morgan fingerprint density at radius 2 is 1.67 bits per heavy atom. The molecular formula is C14H21BO3. The van der Waals surface area contributed by atoms with E-state index in [1.807, 2.05) is 26.0 Å². The highest BCUT2D eigenvalue weighted by Gasteiger charge is 2.35. The number of aliphatic hydroxyl groups is 1. The quantitative estimate of drug-likeness (QED) is 0.633. The zero-order chi connectivity index (χ0) is 14.0. The monoisotopic (exact) mass is 248 g/mol. The first-order valence-corrected chi connectivity index (χ1v) is 6.10. The SMILES string of the molecule is CC(=O)c1ccc(BOC(C)(C)C(C)(C)O)cc1. The summed E-state index contributed by atoms with van der Waals surface area (Å²) in [6.45, 7) is 8.72. The van der Waals surface area contributed by atoms with E-state index in [1.165, 1.54) is 0 Å². The molecule has 0 aliphatic rings. The number of hydrogen-bond donors (Lipinski definition) is 1. The second-order valence-electron chi connectivity index (χ2n) is 5.61. The predicted octanol–water partition coefficient (Wildman–Crippen LogP) is 1.43. The van der Waals surface area contributed by atoms with Crippen molar-refractivity contribution < 1.29 is 14.6 Å². The van der Waals surface area contributed by atoms with Crippen LogP contribution >= 0.6 is 0 Å². The lowest BCUT2D eigenvalue weighted by Crippen LogP contribution is -2.49. The summed E-state index contributed by atoms with van der Waals surface area (Å²) in [6.07, 6.45) is 0. The van der Waals surface area contributed by atoms with Gasteiger partial charge in [-0.3, -0.25) is 4.79 Å². The highest BCUT2D eigenvalue weighted by atomic mass is 16.5. The molecule has 0 amide bonds. The lowest BCUT2D eigenvalue weighted by Gasteiger charge is -2.37. The highest BCUT2D eigenvalue weighted by molar-refractivity contribution is 6.47. The van der Waals surface area contributed by atoms with Crippen LogP contribution in [0.5, 0.6) is 0 Å². The van der Waals surface area contributed by atoms with Crippen LogP contribution in [0.25, 0.3) is 0 Å². The van der Waals surface area contributed by atoms with E-state index in [9.17, 15) is 9.90 Å². The van der Waals surface area contributed by atoms with E-state index >= 15 is 0 Å². The first-order valence-electron chi connectivity index (χ1n) is 6.10. The van der Waals surface area contributed by atoms with E-state index in [0.29, 0.717) is 13.0 Å². The second-order valence-corrected chi connectivity index (χ2v) is 5.61. The number of carbonyl (C=O) groups is 1. The lowest BCUT2D eigenvalue weighted by atomic mass is 9.82. The zero-order valence-electron chi connectivity index (χ0n) is 11.8. The Balaban J connectivity index is 2.67. The summed E-state index contributed by atoms with van der Waals surface area (Å²) in [5.41, 5.74) is 0.135. The zero-order valence-corrected chi connectivity index (χ0v) is 11.8. The summed E-state index contributed by atoms with van der Waals surface area (Å²) in [5, 5.41) is 9.97. The van der Waals surface area contributed by atoms with Crippen molar-refractivity contribution in [2.24, 2.45) is 0 Å². The van der Waals surface area contributed by atoms with E-state index in [0.717, 1.165) is 5.46 Å². The maximum Gasteiger partial charge on any atom is 0.309 e. The van der Waals surface area contributed by atoms with Gasteiger partial charge in [-0.1, -0.05) is 29.7 Å². The molecule has 0 unspecified atom stereocenters. The van der Waals surface area contributed by atoms with Gasteiger partial charge in [0.1, 0.15) is 0 Å². The molecule has 3 nitrogen and oxygen atoms in total. The third-order valence-corrected chi connectivity index (χ3v) is 3.43. The molecule has 0 aliphatic carbocycles. The fraction of sp³-hybridized carbons (Fsp3) is 0.500. The molecule has 0 spiro atoms. The average Bonchev–Trinajstić information content (AvgIpc) is 2.25. The van der Waals surface area contributed by atoms with Crippen molar-refractivity contribution in [1.29, 1.82) is 0 Å². The van der Waals surface area contributed by atoms with E-state index < -0.39 is 11.2 Å². The first-order chi connectivity index (χ1) is 8.13. The van der Waals surface area contributed by atoms with Crippen molar-refractivity contribution in [3.05, 3.63) is 29.8 Å². The standard InChI is InChI=1S/C14H21BO3/c1-10(16)11-6-8-12(9-7-11)15-18-14(4,5)13(2,3)17/h6-9,15,17H,1-5H3. The molecule has 4 heteroatoms. The molecule has 0 fully saturated rings. The minimum atomic E-state index is -0.910. The summed E-state index contributed by atoms with van der Waals surface area (Å²) in [4.78, 5) is 11.1. The normalized spacial score (nSPS) is 12.3. The fourth-order valence-electron chi connectivity index (χ4n) is 1.28. The van der Waals surface area contributed by atoms with Crippen LogP contribution < -0.4 is 5.46 Å². The molecule has 0 radical (unpaired) electrons. The van der Waals surface area contributed by atoms with Gasteiger partial charge in [0.25, 0.3) is 0 Å². The van der Waals surface area contributed by atoms with Crippen LogP contribution in [-0.4, -0.2) is 29.6 Å². The molecule has 98 valence electrons. The van der Waals surface area contributed by atoms with Gasteiger partial charge in [-0.05, 0) is 34.6 Å². The molecule has 1 aromatic rings. The van der Waals surface area contributed by atoms with Gasteiger partial charge in [0.15, 0.2) is 5.78 Å². The van der Waals surface area contributed by atoms with Crippen molar-refractivity contribution >= 4 is 18.7 Å². The van der Waals surface area contributed by atoms with Crippen LogP contribution in [0.1, 0.15) is 45.0 Å². The predicted molar refractivity (Wildman–Crippen MR) is 74.7 cm³/mol. The Hall–Kier alpha value is -1.13. The van der Waals surface area contributed by atoms with Crippen molar-refractivity contribution in [3.8, 4) is 0 Å². The molecule has 18 heavy (non-hydrogen) atoms. The van der Waals surface area contributed by atoms with E-state index in [2.05, 4.69) is 0 Å². The molecule has 0 saturated carbocycles. The molecule has 0 atom stereocenters. The number of benzene rings is 1. The summed E-state index contributed by atoms with van der Waals surface area (Å²) < 4.78 is 5.75. The Bertz CT molecular complexity index is 416. The number of rotatable bonds is 5. The minimum Gasteiger partial charge on any atom is -0.427 e. The summed E-state index contributed by atoms with van der Waals surface area (Å²) in [6, 6.07) is 7.32. The number of ketones is 1. The average molecular weight is 248 g/mol. The number of Topliss-reactive ketones (excluding diaryl/α,β-unsaturated/α-hetero) is 1. The Labute approximate surface area is 109 Å². The topological polar surface area (TPSA) is 46.5 Å². The molecule has 1 rings (SSSR count). The van der Waals surface area contributed by atoms with E-state index in [1.54, 1.807) is 32.9 Å². The van der Waals surface area contributed by atoms with Crippen LogP contribution in [-0.2, 0) is 4.65 Å². The molecule has 0 aromatic heterocycles. The number of carbonyl (C=O) groups excluding carboxylic acids is 1. The molecule has 0 bridgehead atoms. The van der Waals surface area contributed by atoms with Crippen LogP contribution in [0.4, 0.5) is 0 Å². The minimum absolute atomic E-state index is 0.0549. The summed E-state index contributed by atoms with van der Waals surface area (Å²) in [5.74, 6) is 0.0549. The van der Waals surface area contributed by atoms with Gasteiger partial charge < -0.3 is 9.76 Å². The van der Waals surface area contributed by atoms with Crippen LogP contribution in [0, 0.1) is 0 Å². The Morgan fingerprint density at radius 1 is 1.17 bits per heavy atom. The van der Waals surface area contributed by atoms with Gasteiger partial charge >= 0.3 is 7.48 Å². The lowest BCUT2D eigenvalue weighted by molar-refractivity contribution is -0.0893. The molecule has 0 aliphatic heterocycles. The Kier molecular flexibility index (Phi) is 4.35. The largest absolute Gasteiger partial charge is 0.427 e.